The van der Waals surface area contributed by atoms with E-state index in [1.807, 2.05) is 4.90 Å². The van der Waals surface area contributed by atoms with Crippen LogP contribution in [0.15, 0.2) is 18.5 Å². The number of carbonyl (C=O) groups excluding carboxylic acids is 1. The molecule has 1 aliphatic heterocycles. The summed E-state index contributed by atoms with van der Waals surface area (Å²) >= 11 is 6.02. The van der Waals surface area contributed by atoms with E-state index in [2.05, 4.69) is 4.98 Å². The van der Waals surface area contributed by atoms with Gasteiger partial charge in [0.05, 0.1) is 6.61 Å². The number of halogens is 1. The van der Waals surface area contributed by atoms with E-state index in [4.69, 9.17) is 16.3 Å². The lowest BCUT2D eigenvalue weighted by Crippen LogP contribution is -2.39. The van der Waals surface area contributed by atoms with Crippen molar-refractivity contribution in [2.24, 2.45) is 11.8 Å². The van der Waals surface area contributed by atoms with E-state index < -0.39 is 0 Å². The number of piperidine rings is 1. The zero-order valence-corrected chi connectivity index (χ0v) is 12.9. The Morgan fingerprint density at radius 2 is 2.05 bits per heavy atom. The molecule has 1 saturated carbocycles. The first-order valence-corrected chi connectivity index (χ1v) is 8.10. The van der Waals surface area contributed by atoms with E-state index in [0.29, 0.717) is 35.1 Å². The fraction of sp³-hybridized carbons (Fsp3) is 0.625. The number of likely N-dealkylation sites (tertiary alicyclic amines) is 1. The Morgan fingerprint density at radius 1 is 1.29 bits per heavy atom. The summed E-state index contributed by atoms with van der Waals surface area (Å²) in [5.74, 6) is 2.21. The van der Waals surface area contributed by atoms with Crippen LogP contribution in [0, 0.1) is 11.8 Å². The van der Waals surface area contributed by atoms with E-state index in [0.717, 1.165) is 32.4 Å². The molecule has 0 unspecified atom stereocenters. The van der Waals surface area contributed by atoms with Gasteiger partial charge in [-0.25, -0.2) is 0 Å². The maximum atomic E-state index is 12.0. The van der Waals surface area contributed by atoms with Crippen molar-refractivity contribution in [2.75, 3.05) is 19.7 Å². The molecule has 1 aromatic rings. The highest BCUT2D eigenvalue weighted by Gasteiger charge is 2.29. The van der Waals surface area contributed by atoms with Gasteiger partial charge in [0.15, 0.2) is 0 Å². The molecular weight excluding hydrogens is 288 g/mol. The Kier molecular flexibility index (Phi) is 4.63. The van der Waals surface area contributed by atoms with Crippen LogP contribution in [0.4, 0.5) is 0 Å². The zero-order chi connectivity index (χ0) is 14.7. The number of nitrogens with zero attached hydrogens (tertiary/aromatic N) is 2. The van der Waals surface area contributed by atoms with Crippen LogP contribution in [0.1, 0.15) is 32.1 Å². The minimum atomic E-state index is 0.342. The van der Waals surface area contributed by atoms with Gasteiger partial charge in [-0.1, -0.05) is 11.6 Å². The summed E-state index contributed by atoms with van der Waals surface area (Å²) in [6.45, 7) is 2.39. The number of pyridine rings is 1. The highest BCUT2D eigenvalue weighted by atomic mass is 35.5. The number of carbonyl (C=O) groups is 1. The van der Waals surface area contributed by atoms with Crippen LogP contribution in [0.5, 0.6) is 5.75 Å². The molecule has 0 aromatic carbocycles. The lowest BCUT2D eigenvalue weighted by atomic mass is 9.97. The minimum absolute atomic E-state index is 0.342. The summed E-state index contributed by atoms with van der Waals surface area (Å²) in [5.41, 5.74) is 0. The molecule has 2 aliphatic rings. The third-order valence-electron chi connectivity index (χ3n) is 4.34. The molecule has 1 aromatic heterocycles. The summed E-state index contributed by atoms with van der Waals surface area (Å²) in [6, 6.07) is 1.79. The maximum absolute atomic E-state index is 12.0. The lowest BCUT2D eigenvalue weighted by Gasteiger charge is -2.32. The standard InChI is InChI=1S/C16H21ClN2O2/c17-14-10-18-6-3-15(14)21-11-13-4-7-19(8-5-13)16(20)9-12-1-2-12/h3,6,10,12-13H,1-2,4-5,7-9,11H2. The van der Waals surface area contributed by atoms with Crippen LogP contribution in [-0.4, -0.2) is 35.5 Å². The Balaban J connectivity index is 1.41. The molecule has 21 heavy (non-hydrogen) atoms. The van der Waals surface area contributed by atoms with Crippen LogP contribution in [0.2, 0.25) is 5.02 Å². The van der Waals surface area contributed by atoms with Crippen LogP contribution in [0.3, 0.4) is 0 Å². The van der Waals surface area contributed by atoms with Crippen molar-refractivity contribution in [3.8, 4) is 5.75 Å². The van der Waals surface area contributed by atoms with Crippen molar-refractivity contribution in [3.05, 3.63) is 23.5 Å². The van der Waals surface area contributed by atoms with E-state index in [9.17, 15) is 4.79 Å². The van der Waals surface area contributed by atoms with Gasteiger partial charge in [0.25, 0.3) is 0 Å². The number of hydrogen-bond acceptors (Lipinski definition) is 3. The lowest BCUT2D eigenvalue weighted by molar-refractivity contribution is -0.133. The molecule has 2 fully saturated rings. The first kappa shape index (κ1) is 14.6. The largest absolute Gasteiger partial charge is 0.492 e. The first-order valence-electron chi connectivity index (χ1n) is 7.72. The second-order valence-electron chi connectivity index (χ2n) is 6.09. The summed E-state index contributed by atoms with van der Waals surface area (Å²) < 4.78 is 5.77. The Morgan fingerprint density at radius 3 is 2.71 bits per heavy atom. The molecule has 3 rings (SSSR count). The molecule has 0 bridgehead atoms. The predicted molar refractivity (Wildman–Crippen MR) is 81.4 cm³/mol. The van der Waals surface area contributed by atoms with Crippen LogP contribution < -0.4 is 4.74 Å². The number of rotatable bonds is 5. The Bertz CT molecular complexity index is 497. The van der Waals surface area contributed by atoms with E-state index in [-0.39, 0.29) is 0 Å². The minimum Gasteiger partial charge on any atom is -0.492 e. The summed E-state index contributed by atoms with van der Waals surface area (Å²) in [5, 5.41) is 0.551. The average Bonchev–Trinajstić information content (AvgIpc) is 3.31. The maximum Gasteiger partial charge on any atom is 0.222 e. The van der Waals surface area contributed by atoms with Crippen molar-refractivity contribution >= 4 is 17.5 Å². The van der Waals surface area contributed by atoms with Crippen LogP contribution >= 0.6 is 11.6 Å². The molecule has 1 saturated heterocycles. The average molecular weight is 309 g/mol. The van der Waals surface area contributed by atoms with Crippen molar-refractivity contribution in [3.63, 3.8) is 0 Å². The van der Waals surface area contributed by atoms with Crippen molar-refractivity contribution < 1.29 is 9.53 Å². The number of amides is 1. The Hall–Kier alpha value is -1.29. The fourth-order valence-corrected chi connectivity index (χ4v) is 2.91. The molecule has 4 nitrogen and oxygen atoms in total. The predicted octanol–water partition coefficient (Wildman–Crippen LogP) is 3.15. The first-order chi connectivity index (χ1) is 10.2. The highest BCUT2D eigenvalue weighted by molar-refractivity contribution is 6.31. The van der Waals surface area contributed by atoms with Gasteiger partial charge in [-0.05, 0) is 37.5 Å². The van der Waals surface area contributed by atoms with E-state index in [1.54, 1.807) is 18.5 Å². The summed E-state index contributed by atoms with van der Waals surface area (Å²) in [6.07, 6.45) is 8.54. The smallest absolute Gasteiger partial charge is 0.222 e. The van der Waals surface area contributed by atoms with Crippen molar-refractivity contribution in [1.82, 2.24) is 9.88 Å². The molecular formula is C16H21ClN2O2. The number of aromatic nitrogens is 1. The van der Waals surface area contributed by atoms with Gasteiger partial charge in [0, 0.05) is 38.0 Å². The zero-order valence-electron chi connectivity index (χ0n) is 12.1. The molecule has 0 atom stereocenters. The van der Waals surface area contributed by atoms with Gasteiger partial charge >= 0.3 is 0 Å². The summed E-state index contributed by atoms with van der Waals surface area (Å²) in [7, 11) is 0. The van der Waals surface area contributed by atoms with Crippen molar-refractivity contribution in [2.45, 2.75) is 32.1 Å². The molecule has 1 amide bonds. The van der Waals surface area contributed by atoms with Gasteiger partial charge in [-0.15, -0.1) is 0 Å². The monoisotopic (exact) mass is 308 g/mol. The second kappa shape index (κ2) is 6.65. The fourth-order valence-electron chi connectivity index (χ4n) is 2.73. The van der Waals surface area contributed by atoms with Gasteiger partial charge < -0.3 is 9.64 Å². The molecule has 0 radical (unpaired) electrons. The van der Waals surface area contributed by atoms with Crippen molar-refractivity contribution in [1.29, 1.82) is 0 Å². The van der Waals surface area contributed by atoms with E-state index >= 15 is 0 Å². The molecule has 5 heteroatoms. The number of ether oxygens (including phenoxy) is 1. The summed E-state index contributed by atoms with van der Waals surface area (Å²) in [4.78, 5) is 18.0. The quantitative estimate of drug-likeness (QED) is 0.839. The molecule has 1 aliphatic carbocycles. The molecule has 114 valence electrons. The third-order valence-corrected chi connectivity index (χ3v) is 4.62. The number of hydrogen-bond donors (Lipinski definition) is 0. The van der Waals surface area contributed by atoms with Gasteiger partial charge in [-0.3, -0.25) is 9.78 Å². The highest BCUT2D eigenvalue weighted by Crippen LogP contribution is 2.33. The SMILES string of the molecule is O=C(CC1CC1)N1CCC(COc2ccncc2Cl)CC1. The normalized spacial score (nSPS) is 19.6. The Labute approximate surface area is 130 Å². The topological polar surface area (TPSA) is 42.4 Å². The third kappa shape index (κ3) is 4.10. The van der Waals surface area contributed by atoms with Gasteiger partial charge in [0.1, 0.15) is 10.8 Å². The molecule has 0 spiro atoms. The van der Waals surface area contributed by atoms with Gasteiger partial charge in [-0.2, -0.15) is 0 Å². The van der Waals surface area contributed by atoms with Crippen LogP contribution in [0.25, 0.3) is 0 Å². The molecule has 2 heterocycles. The molecule has 0 N–H and O–H groups in total. The van der Waals surface area contributed by atoms with Crippen LogP contribution in [-0.2, 0) is 4.79 Å². The second-order valence-corrected chi connectivity index (χ2v) is 6.50. The van der Waals surface area contributed by atoms with E-state index in [1.165, 1.54) is 12.8 Å². The van der Waals surface area contributed by atoms with Gasteiger partial charge in [0.2, 0.25) is 5.91 Å².